The Bertz CT molecular complexity index is 1010. The number of thiazole rings is 1. The van der Waals surface area contributed by atoms with Gasteiger partial charge in [0.2, 0.25) is 0 Å². The van der Waals surface area contributed by atoms with Gasteiger partial charge in [-0.3, -0.25) is 9.69 Å². The van der Waals surface area contributed by atoms with Gasteiger partial charge >= 0.3 is 0 Å². The summed E-state index contributed by atoms with van der Waals surface area (Å²) in [5, 5.41) is 0.752. The quantitative estimate of drug-likeness (QED) is 0.310. The highest BCUT2D eigenvalue weighted by atomic mass is 35.5. The third kappa shape index (κ3) is 6.92. The monoisotopic (exact) mass is 475 g/mol. The Balaban J connectivity index is 0.00000363. The van der Waals surface area contributed by atoms with E-state index in [4.69, 9.17) is 9.72 Å². The summed E-state index contributed by atoms with van der Waals surface area (Å²) in [7, 11) is 4.10. The van der Waals surface area contributed by atoms with Crippen LogP contribution in [0.3, 0.4) is 0 Å². The average molecular weight is 476 g/mol. The van der Waals surface area contributed by atoms with Crippen molar-refractivity contribution in [2.45, 2.75) is 39.5 Å². The van der Waals surface area contributed by atoms with Gasteiger partial charge in [0.1, 0.15) is 5.75 Å². The number of anilines is 1. The van der Waals surface area contributed by atoms with Gasteiger partial charge in [0.05, 0.1) is 16.8 Å². The number of hydrogen-bond donors (Lipinski definition) is 0. The van der Waals surface area contributed by atoms with Crippen LogP contribution in [0.2, 0.25) is 0 Å². The molecule has 0 N–H and O–H groups in total. The summed E-state index contributed by atoms with van der Waals surface area (Å²) < 4.78 is 6.98. The second-order valence-corrected chi connectivity index (χ2v) is 9.12. The number of hydrogen-bond acceptors (Lipinski definition) is 5. The van der Waals surface area contributed by atoms with Crippen LogP contribution in [0.4, 0.5) is 5.13 Å². The Morgan fingerprint density at radius 1 is 1.06 bits per heavy atom. The maximum Gasteiger partial charge on any atom is 0.260 e. The summed E-state index contributed by atoms with van der Waals surface area (Å²) in [5.41, 5.74) is 2.73. The standard InChI is InChI=1S/C25H33N3O2S.ClH/c1-5-6-7-17-30-21-13-9-12-20(18-21)24(29)28(16-10-15-27(3)4)25-26-23-19(2)11-8-14-22(23)31-25;/h8-9,11-14,18H,5-7,10,15-17H2,1-4H3;1H. The molecule has 0 saturated heterocycles. The lowest BCUT2D eigenvalue weighted by atomic mass is 10.2. The van der Waals surface area contributed by atoms with Crippen LogP contribution in [0.25, 0.3) is 10.2 Å². The zero-order chi connectivity index (χ0) is 22.2. The van der Waals surface area contributed by atoms with Gasteiger partial charge in [0.25, 0.3) is 5.91 Å². The molecular formula is C25H34ClN3O2S. The van der Waals surface area contributed by atoms with Crippen molar-refractivity contribution in [3.8, 4) is 5.75 Å². The van der Waals surface area contributed by atoms with E-state index in [0.717, 1.165) is 58.9 Å². The molecule has 0 aliphatic heterocycles. The van der Waals surface area contributed by atoms with Crippen molar-refractivity contribution in [3.05, 3.63) is 53.6 Å². The lowest BCUT2D eigenvalue weighted by Crippen LogP contribution is -2.33. The Labute approximate surface area is 201 Å². The number of halogens is 1. The molecule has 0 unspecified atom stereocenters. The Hall–Kier alpha value is -2.15. The average Bonchev–Trinajstić information content (AvgIpc) is 3.19. The van der Waals surface area contributed by atoms with Crippen molar-refractivity contribution in [1.29, 1.82) is 0 Å². The molecule has 0 spiro atoms. The predicted octanol–water partition coefficient (Wildman–Crippen LogP) is 6.19. The van der Waals surface area contributed by atoms with E-state index >= 15 is 0 Å². The molecule has 3 rings (SSSR count). The van der Waals surface area contributed by atoms with Crippen LogP contribution in [0.1, 0.15) is 48.5 Å². The molecule has 0 radical (unpaired) electrons. The minimum absolute atomic E-state index is 0. The van der Waals surface area contributed by atoms with Gasteiger partial charge in [-0.15, -0.1) is 12.4 Å². The number of benzene rings is 2. The third-order valence-corrected chi connectivity index (χ3v) is 6.21. The van der Waals surface area contributed by atoms with E-state index < -0.39 is 0 Å². The maximum atomic E-state index is 13.5. The molecule has 0 aliphatic carbocycles. The first-order chi connectivity index (χ1) is 15.0. The molecule has 1 heterocycles. The number of carbonyl (C=O) groups excluding carboxylic acids is 1. The minimum atomic E-state index is -0.0329. The topological polar surface area (TPSA) is 45.7 Å². The van der Waals surface area contributed by atoms with E-state index in [2.05, 4.69) is 30.9 Å². The van der Waals surface area contributed by atoms with Gasteiger partial charge in [-0.1, -0.05) is 49.3 Å². The molecule has 0 bridgehead atoms. The van der Waals surface area contributed by atoms with Crippen LogP contribution < -0.4 is 9.64 Å². The molecule has 2 aromatic carbocycles. The fourth-order valence-corrected chi connectivity index (χ4v) is 4.50. The summed E-state index contributed by atoms with van der Waals surface area (Å²) in [6.45, 7) is 6.44. The Morgan fingerprint density at radius 2 is 1.84 bits per heavy atom. The van der Waals surface area contributed by atoms with Crippen molar-refractivity contribution in [2.75, 3.05) is 38.7 Å². The third-order valence-electron chi connectivity index (χ3n) is 5.17. The van der Waals surface area contributed by atoms with Crippen LogP contribution in [0, 0.1) is 6.92 Å². The summed E-state index contributed by atoms with van der Waals surface area (Å²) in [6, 6.07) is 13.7. The predicted molar refractivity (Wildman–Crippen MR) is 138 cm³/mol. The van der Waals surface area contributed by atoms with Gasteiger partial charge in [0, 0.05) is 12.1 Å². The highest BCUT2D eigenvalue weighted by Crippen LogP contribution is 2.31. The van der Waals surface area contributed by atoms with Gasteiger partial charge in [-0.2, -0.15) is 0 Å². The molecular weight excluding hydrogens is 442 g/mol. The zero-order valence-electron chi connectivity index (χ0n) is 19.5. The van der Waals surface area contributed by atoms with Gasteiger partial charge in [-0.05, 0) is 70.2 Å². The SMILES string of the molecule is CCCCCOc1cccc(C(=O)N(CCCN(C)C)c2nc3c(C)cccc3s2)c1.Cl. The maximum absolute atomic E-state index is 13.5. The van der Waals surface area contributed by atoms with Crippen LogP contribution in [0.5, 0.6) is 5.75 Å². The number of carbonyl (C=O) groups is 1. The van der Waals surface area contributed by atoms with E-state index in [0.29, 0.717) is 18.7 Å². The van der Waals surface area contributed by atoms with E-state index in [9.17, 15) is 4.79 Å². The van der Waals surface area contributed by atoms with E-state index in [1.165, 1.54) is 0 Å². The lowest BCUT2D eigenvalue weighted by Gasteiger charge is -2.21. The highest BCUT2D eigenvalue weighted by Gasteiger charge is 2.22. The Morgan fingerprint density at radius 3 is 2.56 bits per heavy atom. The van der Waals surface area contributed by atoms with Crippen molar-refractivity contribution >= 4 is 45.0 Å². The summed E-state index contributed by atoms with van der Waals surface area (Å²) in [6.07, 6.45) is 4.21. The number of fused-ring (bicyclic) bond motifs is 1. The molecule has 0 fully saturated rings. The molecule has 0 saturated carbocycles. The number of nitrogens with zero attached hydrogens (tertiary/aromatic N) is 3. The lowest BCUT2D eigenvalue weighted by molar-refractivity contribution is 0.0985. The van der Waals surface area contributed by atoms with E-state index in [1.54, 1.807) is 11.3 Å². The van der Waals surface area contributed by atoms with Crippen molar-refractivity contribution in [2.24, 2.45) is 0 Å². The molecule has 3 aromatic rings. The van der Waals surface area contributed by atoms with Gasteiger partial charge in [0.15, 0.2) is 5.13 Å². The first-order valence-electron chi connectivity index (χ1n) is 11.0. The van der Waals surface area contributed by atoms with E-state index in [1.807, 2.05) is 49.3 Å². The number of aromatic nitrogens is 1. The first-order valence-corrected chi connectivity index (χ1v) is 11.9. The Kier molecular flexibility index (Phi) is 10.4. The first kappa shape index (κ1) is 26.1. The molecule has 1 amide bonds. The highest BCUT2D eigenvalue weighted by molar-refractivity contribution is 7.22. The van der Waals surface area contributed by atoms with Crippen molar-refractivity contribution < 1.29 is 9.53 Å². The second-order valence-electron chi connectivity index (χ2n) is 8.12. The van der Waals surface area contributed by atoms with Crippen LogP contribution >= 0.6 is 23.7 Å². The summed E-state index contributed by atoms with van der Waals surface area (Å²) in [5.74, 6) is 0.713. The van der Waals surface area contributed by atoms with Crippen LogP contribution in [-0.4, -0.2) is 49.6 Å². The summed E-state index contributed by atoms with van der Waals surface area (Å²) in [4.78, 5) is 22.3. The number of rotatable bonds is 11. The second kappa shape index (κ2) is 12.8. The number of amides is 1. The molecule has 174 valence electrons. The molecule has 0 aliphatic rings. The zero-order valence-corrected chi connectivity index (χ0v) is 21.1. The van der Waals surface area contributed by atoms with Crippen molar-refractivity contribution in [3.63, 3.8) is 0 Å². The van der Waals surface area contributed by atoms with Crippen LogP contribution in [-0.2, 0) is 0 Å². The van der Waals surface area contributed by atoms with Gasteiger partial charge < -0.3 is 9.64 Å². The van der Waals surface area contributed by atoms with Gasteiger partial charge in [-0.25, -0.2) is 4.98 Å². The molecule has 5 nitrogen and oxygen atoms in total. The normalized spacial score (nSPS) is 10.9. The largest absolute Gasteiger partial charge is 0.494 e. The molecule has 7 heteroatoms. The fourth-order valence-electron chi connectivity index (χ4n) is 3.44. The number of unbranched alkanes of at least 4 members (excludes halogenated alkanes) is 2. The van der Waals surface area contributed by atoms with E-state index in [-0.39, 0.29) is 18.3 Å². The fraction of sp³-hybridized carbons (Fsp3) is 0.440. The number of para-hydroxylation sites is 1. The minimum Gasteiger partial charge on any atom is -0.494 e. The molecule has 32 heavy (non-hydrogen) atoms. The van der Waals surface area contributed by atoms with Crippen LogP contribution in [0.15, 0.2) is 42.5 Å². The van der Waals surface area contributed by atoms with Crippen molar-refractivity contribution in [1.82, 2.24) is 9.88 Å². The smallest absolute Gasteiger partial charge is 0.260 e. The summed E-state index contributed by atoms with van der Waals surface area (Å²) >= 11 is 1.57. The number of ether oxygens (including phenoxy) is 1. The number of aryl methyl sites for hydroxylation is 1. The molecule has 1 aromatic heterocycles. The molecule has 0 atom stereocenters.